The summed E-state index contributed by atoms with van der Waals surface area (Å²) in [6.07, 6.45) is 20.3. The van der Waals surface area contributed by atoms with Gasteiger partial charge < -0.3 is 0 Å². The molecule has 0 radical (unpaired) electrons. The van der Waals surface area contributed by atoms with Crippen molar-refractivity contribution >= 4 is 8.56 Å². The van der Waals surface area contributed by atoms with Crippen LogP contribution in [0.25, 0.3) is 0 Å². The summed E-state index contributed by atoms with van der Waals surface area (Å²) in [5.74, 6) is 0. The van der Waals surface area contributed by atoms with E-state index < -0.39 is 8.56 Å². The molecule has 0 unspecified atom stereocenters. The first kappa shape index (κ1) is 20.8. The van der Waals surface area contributed by atoms with Gasteiger partial charge in [0.15, 0.2) is 0 Å². The SMILES string of the molecule is CCCC[Si](N1CCCCCC1)(N1CCCCCC1)N1CCCCCC1. The number of hydrogen-bond donors (Lipinski definition) is 0. The van der Waals surface area contributed by atoms with Gasteiger partial charge in [-0.25, -0.2) is 0 Å². The summed E-state index contributed by atoms with van der Waals surface area (Å²) >= 11 is 0. The molecule has 0 bridgehead atoms. The second-order valence-electron chi connectivity index (χ2n) is 9.08. The predicted molar refractivity (Wildman–Crippen MR) is 116 cm³/mol. The van der Waals surface area contributed by atoms with Gasteiger partial charge in [-0.3, -0.25) is 13.7 Å². The van der Waals surface area contributed by atoms with Gasteiger partial charge in [0.2, 0.25) is 0 Å². The molecule has 0 spiro atoms. The summed E-state index contributed by atoms with van der Waals surface area (Å²) < 4.78 is 9.35. The van der Waals surface area contributed by atoms with E-state index in [0.717, 1.165) is 0 Å². The van der Waals surface area contributed by atoms with Crippen molar-refractivity contribution in [1.82, 2.24) is 13.7 Å². The van der Waals surface area contributed by atoms with Gasteiger partial charge in [0, 0.05) is 0 Å². The second-order valence-corrected chi connectivity index (χ2v) is 13.0. The molecular formula is C22H45N3Si. The van der Waals surface area contributed by atoms with Crippen LogP contribution in [0, 0.1) is 0 Å². The van der Waals surface area contributed by atoms with Crippen molar-refractivity contribution in [2.75, 3.05) is 39.3 Å². The fourth-order valence-corrected chi connectivity index (χ4v) is 11.8. The third-order valence-corrected chi connectivity index (χ3v) is 12.6. The van der Waals surface area contributed by atoms with E-state index in [1.165, 1.54) is 135 Å². The topological polar surface area (TPSA) is 9.72 Å². The van der Waals surface area contributed by atoms with E-state index in [4.69, 9.17) is 0 Å². The highest BCUT2D eigenvalue weighted by Gasteiger charge is 2.50. The van der Waals surface area contributed by atoms with Crippen LogP contribution in [-0.2, 0) is 0 Å². The van der Waals surface area contributed by atoms with Crippen LogP contribution in [0.2, 0.25) is 6.04 Å². The van der Waals surface area contributed by atoms with E-state index in [9.17, 15) is 0 Å². The summed E-state index contributed by atoms with van der Waals surface area (Å²) in [4.78, 5) is 0. The maximum Gasteiger partial charge on any atom is 0.289 e. The number of unbranched alkanes of at least 4 members (excludes halogenated alkanes) is 1. The lowest BCUT2D eigenvalue weighted by Gasteiger charge is -2.54. The first-order valence-corrected chi connectivity index (χ1v) is 14.2. The lowest BCUT2D eigenvalue weighted by atomic mass is 10.2. The zero-order chi connectivity index (χ0) is 18.1. The maximum atomic E-state index is 3.12. The van der Waals surface area contributed by atoms with Gasteiger partial charge in [-0.1, -0.05) is 58.3 Å². The minimum atomic E-state index is -1.71. The van der Waals surface area contributed by atoms with Gasteiger partial charge in [-0.15, -0.1) is 0 Å². The van der Waals surface area contributed by atoms with Crippen LogP contribution >= 0.6 is 0 Å². The summed E-state index contributed by atoms with van der Waals surface area (Å²) in [6.45, 7) is 10.8. The van der Waals surface area contributed by atoms with Crippen molar-refractivity contribution < 1.29 is 0 Å². The molecule has 26 heavy (non-hydrogen) atoms. The fourth-order valence-electron chi connectivity index (χ4n) is 5.77. The third kappa shape index (κ3) is 5.12. The molecule has 0 aromatic heterocycles. The van der Waals surface area contributed by atoms with Crippen molar-refractivity contribution in [2.45, 2.75) is 103 Å². The Bertz CT molecular complexity index is 315. The van der Waals surface area contributed by atoms with E-state index in [-0.39, 0.29) is 0 Å². The second kappa shape index (κ2) is 11.2. The minimum absolute atomic E-state index is 1.37. The molecule has 0 atom stereocenters. The predicted octanol–water partition coefficient (Wildman–Crippen LogP) is 5.35. The maximum absolute atomic E-state index is 3.12. The van der Waals surface area contributed by atoms with E-state index in [0.29, 0.717) is 0 Å². The Hall–Kier alpha value is 0.0969. The molecule has 152 valence electrons. The van der Waals surface area contributed by atoms with Crippen LogP contribution in [0.15, 0.2) is 0 Å². The minimum Gasteiger partial charge on any atom is -0.299 e. The molecule has 3 saturated heterocycles. The molecule has 3 aliphatic heterocycles. The first-order chi connectivity index (χ1) is 12.9. The van der Waals surface area contributed by atoms with Crippen molar-refractivity contribution in [3.63, 3.8) is 0 Å². The van der Waals surface area contributed by atoms with Crippen LogP contribution in [0.3, 0.4) is 0 Å². The Morgan fingerprint density at radius 3 is 1.08 bits per heavy atom. The Labute approximate surface area is 164 Å². The Kier molecular flexibility index (Phi) is 8.96. The summed E-state index contributed by atoms with van der Waals surface area (Å²) in [5.41, 5.74) is 0. The van der Waals surface area contributed by atoms with Crippen molar-refractivity contribution in [1.29, 1.82) is 0 Å². The number of nitrogens with zero attached hydrogens (tertiary/aromatic N) is 3. The molecule has 0 saturated carbocycles. The van der Waals surface area contributed by atoms with E-state index in [1.54, 1.807) is 0 Å². The largest absolute Gasteiger partial charge is 0.299 e. The molecular weight excluding hydrogens is 334 g/mol. The Morgan fingerprint density at radius 2 is 0.808 bits per heavy atom. The van der Waals surface area contributed by atoms with Crippen LogP contribution < -0.4 is 0 Å². The average molecular weight is 380 g/mol. The molecule has 0 amide bonds. The van der Waals surface area contributed by atoms with E-state index in [2.05, 4.69) is 20.6 Å². The quantitative estimate of drug-likeness (QED) is 0.576. The highest BCUT2D eigenvalue weighted by atomic mass is 28.4. The van der Waals surface area contributed by atoms with Crippen molar-refractivity contribution in [3.05, 3.63) is 0 Å². The molecule has 3 nitrogen and oxygen atoms in total. The van der Waals surface area contributed by atoms with Crippen LogP contribution in [-0.4, -0.2) is 61.5 Å². The number of hydrogen-bond acceptors (Lipinski definition) is 3. The zero-order valence-electron chi connectivity index (χ0n) is 17.7. The van der Waals surface area contributed by atoms with E-state index in [1.807, 2.05) is 0 Å². The molecule has 3 rings (SSSR count). The van der Waals surface area contributed by atoms with Crippen LogP contribution in [0.4, 0.5) is 0 Å². The van der Waals surface area contributed by atoms with Crippen LogP contribution in [0.5, 0.6) is 0 Å². The highest BCUT2D eigenvalue weighted by Crippen LogP contribution is 2.33. The van der Waals surface area contributed by atoms with Gasteiger partial charge in [0.05, 0.1) is 0 Å². The smallest absolute Gasteiger partial charge is 0.289 e. The van der Waals surface area contributed by atoms with E-state index >= 15 is 0 Å². The van der Waals surface area contributed by atoms with Crippen molar-refractivity contribution in [2.24, 2.45) is 0 Å². The molecule has 0 aromatic carbocycles. The fraction of sp³-hybridized carbons (Fsp3) is 1.00. The first-order valence-electron chi connectivity index (χ1n) is 12.1. The third-order valence-electron chi connectivity index (χ3n) is 7.20. The van der Waals surface area contributed by atoms with Crippen molar-refractivity contribution in [3.8, 4) is 0 Å². The summed E-state index contributed by atoms with van der Waals surface area (Å²) in [6, 6.07) is 1.50. The molecule has 4 heteroatoms. The summed E-state index contributed by atoms with van der Waals surface area (Å²) in [5, 5.41) is 0. The molecule has 3 fully saturated rings. The molecule has 0 aromatic rings. The number of rotatable bonds is 6. The van der Waals surface area contributed by atoms with Crippen LogP contribution in [0.1, 0.15) is 96.8 Å². The Morgan fingerprint density at radius 1 is 0.500 bits per heavy atom. The van der Waals surface area contributed by atoms with Gasteiger partial charge in [-0.2, -0.15) is 0 Å². The lowest BCUT2D eigenvalue weighted by molar-refractivity contribution is 0.240. The molecule has 3 heterocycles. The summed E-state index contributed by atoms with van der Waals surface area (Å²) in [7, 11) is -1.71. The molecule has 0 N–H and O–H groups in total. The zero-order valence-corrected chi connectivity index (χ0v) is 18.7. The average Bonchev–Trinajstić information content (AvgIpc) is 3.20. The van der Waals surface area contributed by atoms with Gasteiger partial charge >= 0.3 is 0 Å². The molecule has 0 aliphatic carbocycles. The van der Waals surface area contributed by atoms with Gasteiger partial charge in [-0.05, 0) is 83.8 Å². The van der Waals surface area contributed by atoms with Gasteiger partial charge in [0.25, 0.3) is 8.56 Å². The monoisotopic (exact) mass is 379 g/mol. The molecule has 3 aliphatic rings. The standard InChI is InChI=1S/C22H45N3Si/c1-2-3-22-26(23-16-10-4-5-11-17-23,24-18-12-6-7-13-19-24)25-20-14-8-9-15-21-25/h2-22H2,1H3. The Balaban J connectivity index is 1.92. The lowest BCUT2D eigenvalue weighted by Crippen LogP contribution is -2.75. The van der Waals surface area contributed by atoms with Gasteiger partial charge in [0.1, 0.15) is 0 Å². The normalized spacial score (nSPS) is 26.2. The highest BCUT2D eigenvalue weighted by molar-refractivity contribution is 6.71.